The van der Waals surface area contributed by atoms with Gasteiger partial charge in [-0.15, -0.1) is 0 Å². The van der Waals surface area contributed by atoms with Crippen LogP contribution in [0.5, 0.6) is 0 Å². The van der Waals surface area contributed by atoms with Crippen molar-refractivity contribution in [3.63, 3.8) is 0 Å². The molecule has 1 heterocycles. The van der Waals surface area contributed by atoms with E-state index in [1.54, 1.807) is 21.3 Å². The van der Waals surface area contributed by atoms with Gasteiger partial charge in [-0.2, -0.15) is 0 Å². The second-order valence-electron chi connectivity index (χ2n) is 3.36. The number of hydrogen-bond acceptors (Lipinski definition) is 5. The molecule has 0 aliphatic carbocycles. The van der Waals surface area contributed by atoms with Gasteiger partial charge in [0.05, 0.1) is 0 Å². The molecule has 2 N–H and O–H groups in total. The van der Waals surface area contributed by atoms with Crippen LogP contribution in [-0.2, 0) is 18.0 Å². The summed E-state index contributed by atoms with van der Waals surface area (Å²) in [5.41, 5.74) is 6.13. The zero-order chi connectivity index (χ0) is 10.7. The minimum absolute atomic E-state index is 0.640. The molecule has 0 saturated carbocycles. The Labute approximate surface area is 85.8 Å². The summed E-state index contributed by atoms with van der Waals surface area (Å²) in [5.74, 6) is 0. The summed E-state index contributed by atoms with van der Waals surface area (Å²) >= 11 is 0. The van der Waals surface area contributed by atoms with Crippen LogP contribution < -0.4 is 5.73 Å². The Morgan fingerprint density at radius 1 is 1.14 bits per heavy atom. The van der Waals surface area contributed by atoms with Crippen molar-refractivity contribution in [3.05, 3.63) is 0 Å². The van der Waals surface area contributed by atoms with Crippen molar-refractivity contribution < 1.29 is 18.0 Å². The number of ether oxygens (including phenoxy) is 1. The SMILES string of the molecule is CO[Si](OC)(OC)C1(N)CCCCO1. The number of rotatable bonds is 4. The molecule has 0 aromatic rings. The van der Waals surface area contributed by atoms with E-state index in [9.17, 15) is 0 Å². The fraction of sp³-hybridized carbons (Fsp3) is 1.00. The van der Waals surface area contributed by atoms with E-state index in [1.807, 2.05) is 0 Å². The van der Waals surface area contributed by atoms with Crippen molar-refractivity contribution in [3.8, 4) is 0 Å². The van der Waals surface area contributed by atoms with Crippen LogP contribution in [0.25, 0.3) is 0 Å². The molecule has 6 heteroatoms. The van der Waals surface area contributed by atoms with Gasteiger partial charge >= 0.3 is 8.80 Å². The third-order valence-electron chi connectivity index (χ3n) is 2.63. The smallest absolute Gasteiger partial charge is 0.374 e. The molecule has 1 fully saturated rings. The van der Waals surface area contributed by atoms with Gasteiger partial charge in [-0.1, -0.05) is 0 Å². The minimum atomic E-state index is -2.89. The summed E-state index contributed by atoms with van der Waals surface area (Å²) in [4.78, 5) is 0. The van der Waals surface area contributed by atoms with Crippen molar-refractivity contribution in [1.82, 2.24) is 0 Å². The zero-order valence-corrected chi connectivity index (χ0v) is 10.0. The number of hydrogen-bond donors (Lipinski definition) is 1. The van der Waals surface area contributed by atoms with E-state index in [-0.39, 0.29) is 0 Å². The maximum Gasteiger partial charge on any atom is 0.549 e. The van der Waals surface area contributed by atoms with E-state index in [0.717, 1.165) is 19.3 Å². The van der Waals surface area contributed by atoms with Gasteiger partial charge in [0.15, 0.2) is 5.35 Å². The van der Waals surface area contributed by atoms with Crippen LogP contribution in [0.4, 0.5) is 0 Å². The summed E-state index contributed by atoms with van der Waals surface area (Å²) in [6.45, 7) is 0.640. The summed E-state index contributed by atoms with van der Waals surface area (Å²) in [6.07, 6.45) is 2.76. The van der Waals surface area contributed by atoms with E-state index in [1.165, 1.54) is 0 Å². The third-order valence-corrected chi connectivity index (χ3v) is 5.67. The first-order chi connectivity index (χ1) is 6.64. The van der Waals surface area contributed by atoms with Crippen LogP contribution in [0.15, 0.2) is 0 Å². The van der Waals surface area contributed by atoms with Crippen LogP contribution in [0.1, 0.15) is 19.3 Å². The zero-order valence-electron chi connectivity index (χ0n) is 9.04. The summed E-state index contributed by atoms with van der Waals surface area (Å²) in [6, 6.07) is 0. The Balaban J connectivity index is 2.83. The van der Waals surface area contributed by atoms with Crippen LogP contribution in [0, 0.1) is 0 Å². The highest BCUT2D eigenvalue weighted by molar-refractivity contribution is 6.63. The van der Waals surface area contributed by atoms with Gasteiger partial charge in [-0.25, -0.2) is 0 Å². The molecule has 1 aliphatic rings. The lowest BCUT2D eigenvalue weighted by Crippen LogP contribution is -2.71. The van der Waals surface area contributed by atoms with E-state index in [4.69, 9.17) is 23.7 Å². The Bertz CT molecular complexity index is 172. The normalized spacial score (nSPS) is 29.1. The maximum atomic E-state index is 6.13. The van der Waals surface area contributed by atoms with Crippen molar-refractivity contribution >= 4 is 8.80 Å². The van der Waals surface area contributed by atoms with E-state index in [2.05, 4.69) is 0 Å². The molecule has 84 valence electrons. The molecule has 5 nitrogen and oxygen atoms in total. The molecule has 0 aromatic heterocycles. The molecule has 0 bridgehead atoms. The van der Waals surface area contributed by atoms with Crippen LogP contribution in [0.2, 0.25) is 0 Å². The molecule has 0 radical (unpaired) electrons. The highest BCUT2D eigenvalue weighted by Crippen LogP contribution is 2.30. The van der Waals surface area contributed by atoms with Gasteiger partial charge in [0.2, 0.25) is 0 Å². The molecule has 14 heavy (non-hydrogen) atoms. The topological polar surface area (TPSA) is 62.9 Å². The summed E-state index contributed by atoms with van der Waals surface area (Å²) in [5, 5.41) is -0.885. The first-order valence-electron chi connectivity index (χ1n) is 4.72. The molecule has 1 aliphatic heterocycles. The fourth-order valence-electron chi connectivity index (χ4n) is 1.83. The van der Waals surface area contributed by atoms with Gasteiger partial charge in [-0.05, 0) is 19.3 Å². The minimum Gasteiger partial charge on any atom is -0.374 e. The predicted octanol–water partition coefficient (Wildman–Crippen LogP) is 0.259. The molecule has 1 unspecified atom stereocenters. The third kappa shape index (κ3) is 1.86. The first kappa shape index (κ1) is 12.1. The average molecular weight is 221 g/mol. The second kappa shape index (κ2) is 4.69. The second-order valence-corrected chi connectivity index (χ2v) is 6.55. The van der Waals surface area contributed by atoms with Crippen LogP contribution in [0.3, 0.4) is 0 Å². The molecule has 1 atom stereocenters. The highest BCUT2D eigenvalue weighted by Gasteiger charge is 2.59. The number of nitrogens with two attached hydrogens (primary N) is 1. The molecular formula is C8H19NO4Si. The standard InChI is InChI=1S/C8H19NO4Si/c1-10-14(11-2,12-3)8(9)6-4-5-7-13-8/h4-7,9H2,1-3H3. The van der Waals surface area contributed by atoms with E-state index >= 15 is 0 Å². The fourth-order valence-corrected chi connectivity index (χ4v) is 4.12. The van der Waals surface area contributed by atoms with Crippen molar-refractivity contribution in [2.75, 3.05) is 27.9 Å². The predicted molar refractivity (Wildman–Crippen MR) is 53.5 cm³/mol. The Hall–Kier alpha value is 0.0169. The van der Waals surface area contributed by atoms with Gasteiger partial charge in [0, 0.05) is 27.9 Å². The monoisotopic (exact) mass is 221 g/mol. The highest BCUT2D eigenvalue weighted by atomic mass is 28.4. The molecule has 0 amide bonds. The Kier molecular flexibility index (Phi) is 4.05. The van der Waals surface area contributed by atoms with Crippen molar-refractivity contribution in [2.24, 2.45) is 5.73 Å². The first-order valence-corrected chi connectivity index (χ1v) is 6.45. The molecule has 1 saturated heterocycles. The average Bonchev–Trinajstić information content (AvgIpc) is 2.22. The summed E-state index contributed by atoms with van der Waals surface area (Å²) < 4.78 is 21.5. The van der Waals surface area contributed by atoms with Crippen molar-refractivity contribution in [2.45, 2.75) is 24.6 Å². The maximum absolute atomic E-state index is 6.13. The lowest BCUT2D eigenvalue weighted by atomic mass is 10.2. The molecule has 1 rings (SSSR count). The Morgan fingerprint density at radius 2 is 1.71 bits per heavy atom. The molecule has 0 aromatic carbocycles. The largest absolute Gasteiger partial charge is 0.549 e. The van der Waals surface area contributed by atoms with Crippen LogP contribution in [-0.4, -0.2) is 42.1 Å². The van der Waals surface area contributed by atoms with E-state index in [0.29, 0.717) is 6.61 Å². The Morgan fingerprint density at radius 3 is 2.07 bits per heavy atom. The van der Waals surface area contributed by atoms with Crippen molar-refractivity contribution in [1.29, 1.82) is 0 Å². The van der Waals surface area contributed by atoms with Gasteiger partial charge in [0.1, 0.15) is 0 Å². The summed E-state index contributed by atoms with van der Waals surface area (Å²) in [7, 11) is 1.76. The lowest BCUT2D eigenvalue weighted by molar-refractivity contribution is -0.0791. The molecule has 0 spiro atoms. The molecular weight excluding hydrogens is 202 g/mol. The van der Waals surface area contributed by atoms with Crippen LogP contribution >= 0.6 is 0 Å². The van der Waals surface area contributed by atoms with Gasteiger partial charge < -0.3 is 18.0 Å². The lowest BCUT2D eigenvalue weighted by Gasteiger charge is -2.42. The van der Waals surface area contributed by atoms with Gasteiger partial charge in [-0.3, -0.25) is 5.73 Å². The quantitative estimate of drug-likeness (QED) is 0.690. The van der Waals surface area contributed by atoms with E-state index < -0.39 is 14.2 Å². The van der Waals surface area contributed by atoms with Gasteiger partial charge in [0.25, 0.3) is 0 Å².